The lowest BCUT2D eigenvalue weighted by Crippen LogP contribution is -2.30. The number of anilines is 1. The molecule has 0 fully saturated rings. The Kier molecular flexibility index (Phi) is 6.89. The summed E-state index contributed by atoms with van der Waals surface area (Å²) in [4.78, 5) is 25.3. The fourth-order valence-corrected chi connectivity index (χ4v) is 5.36. The third-order valence-electron chi connectivity index (χ3n) is 5.98. The Morgan fingerprint density at radius 3 is 2.53 bits per heavy atom. The number of fused-ring (bicyclic) bond motifs is 3. The molecule has 0 aliphatic carbocycles. The van der Waals surface area contributed by atoms with Gasteiger partial charge in [-0.05, 0) is 54.1 Å². The van der Waals surface area contributed by atoms with Crippen LogP contribution in [0.4, 0.5) is 5.69 Å². The average Bonchev–Trinajstić information content (AvgIpc) is 3.27. The third-order valence-corrected chi connectivity index (χ3v) is 7.46. The van der Waals surface area contributed by atoms with Gasteiger partial charge in [-0.15, -0.1) is 11.3 Å². The van der Waals surface area contributed by atoms with Gasteiger partial charge in [0.15, 0.2) is 5.78 Å². The van der Waals surface area contributed by atoms with E-state index in [0.29, 0.717) is 34.9 Å². The topological polar surface area (TPSA) is 81.4 Å². The van der Waals surface area contributed by atoms with Gasteiger partial charge in [-0.1, -0.05) is 48.0 Å². The molecule has 0 aliphatic rings. The Labute approximate surface area is 217 Å². The minimum absolute atomic E-state index is 0.139. The zero-order valence-corrected chi connectivity index (χ0v) is 20.9. The van der Waals surface area contributed by atoms with E-state index in [9.17, 15) is 9.59 Å². The van der Waals surface area contributed by atoms with Crippen LogP contribution in [0.15, 0.2) is 84.9 Å². The quantitative estimate of drug-likeness (QED) is 0.182. The van der Waals surface area contributed by atoms with E-state index in [-0.39, 0.29) is 18.2 Å². The number of carbonyl (C=O) groups excluding carboxylic acids is 2. The standard InChI is InChI=1S/C29H23ClN2O3S/c30-24-12-9-19(15-25(24)31)26(33)17-32-29(34)21-6-2-1-5-18(21)13-14-35-20-10-11-23-22-7-3-4-8-27(22)36-28(23)16-20/h1-12,15-16H,13-14,17,31H2,(H,32,34). The molecule has 0 aliphatic heterocycles. The molecule has 1 heterocycles. The summed E-state index contributed by atoms with van der Waals surface area (Å²) in [6, 6.07) is 26.5. The molecule has 1 aromatic heterocycles. The summed E-state index contributed by atoms with van der Waals surface area (Å²) in [5, 5.41) is 5.57. The van der Waals surface area contributed by atoms with E-state index in [1.165, 1.54) is 26.2 Å². The normalized spacial score (nSPS) is 11.0. The molecule has 0 atom stereocenters. The Hall–Kier alpha value is -3.87. The Morgan fingerprint density at radius 2 is 1.67 bits per heavy atom. The highest BCUT2D eigenvalue weighted by Crippen LogP contribution is 2.35. The summed E-state index contributed by atoms with van der Waals surface area (Å²) in [6.07, 6.45) is 0.551. The van der Waals surface area contributed by atoms with Crippen molar-refractivity contribution in [3.05, 3.63) is 107 Å². The lowest BCUT2D eigenvalue weighted by atomic mass is 10.0. The number of nitrogens with two attached hydrogens (primary N) is 1. The maximum Gasteiger partial charge on any atom is 0.251 e. The van der Waals surface area contributed by atoms with Gasteiger partial charge in [0.25, 0.3) is 5.91 Å². The molecule has 0 saturated carbocycles. The summed E-state index contributed by atoms with van der Waals surface area (Å²) in [7, 11) is 0. The Balaban J connectivity index is 1.21. The Morgan fingerprint density at radius 1 is 0.889 bits per heavy atom. The molecule has 5 nitrogen and oxygen atoms in total. The second-order valence-corrected chi connectivity index (χ2v) is 9.84. The highest BCUT2D eigenvalue weighted by atomic mass is 35.5. The number of hydrogen-bond donors (Lipinski definition) is 2. The van der Waals surface area contributed by atoms with Crippen LogP contribution < -0.4 is 15.8 Å². The van der Waals surface area contributed by atoms with Gasteiger partial charge in [0.2, 0.25) is 0 Å². The molecular formula is C29H23ClN2O3S. The van der Waals surface area contributed by atoms with Gasteiger partial charge in [0, 0.05) is 37.7 Å². The predicted octanol–water partition coefficient (Wildman–Crippen LogP) is 6.52. The van der Waals surface area contributed by atoms with E-state index >= 15 is 0 Å². The first kappa shape index (κ1) is 23.9. The summed E-state index contributed by atoms with van der Waals surface area (Å²) < 4.78 is 8.46. The van der Waals surface area contributed by atoms with E-state index in [4.69, 9.17) is 22.1 Å². The van der Waals surface area contributed by atoms with Crippen LogP contribution in [0.25, 0.3) is 20.2 Å². The number of thiophene rings is 1. The number of halogens is 1. The van der Waals surface area contributed by atoms with Crippen LogP contribution in [-0.2, 0) is 6.42 Å². The van der Waals surface area contributed by atoms with Crippen molar-refractivity contribution in [3.8, 4) is 5.75 Å². The van der Waals surface area contributed by atoms with Crippen molar-refractivity contribution < 1.29 is 14.3 Å². The van der Waals surface area contributed by atoms with Gasteiger partial charge in [-0.2, -0.15) is 0 Å². The number of nitrogens with one attached hydrogen (secondary N) is 1. The summed E-state index contributed by atoms with van der Waals surface area (Å²) in [6.45, 7) is 0.281. The number of carbonyl (C=O) groups is 2. The first-order valence-electron chi connectivity index (χ1n) is 11.5. The van der Waals surface area contributed by atoms with Crippen LogP contribution in [-0.4, -0.2) is 24.8 Å². The molecule has 0 unspecified atom stereocenters. The van der Waals surface area contributed by atoms with Crippen molar-refractivity contribution in [1.29, 1.82) is 0 Å². The molecule has 4 aromatic carbocycles. The summed E-state index contributed by atoms with van der Waals surface area (Å²) in [5.41, 5.74) is 7.86. The first-order chi connectivity index (χ1) is 17.5. The predicted molar refractivity (Wildman–Crippen MR) is 148 cm³/mol. The van der Waals surface area contributed by atoms with E-state index in [2.05, 4.69) is 35.6 Å². The smallest absolute Gasteiger partial charge is 0.251 e. The first-order valence-corrected chi connectivity index (χ1v) is 12.7. The molecule has 0 bridgehead atoms. The molecule has 5 rings (SSSR count). The number of amides is 1. The lowest BCUT2D eigenvalue weighted by Gasteiger charge is -2.11. The zero-order chi connectivity index (χ0) is 25.1. The fraction of sp³-hybridized carbons (Fsp3) is 0.103. The monoisotopic (exact) mass is 514 g/mol. The molecule has 0 saturated heterocycles. The van der Waals surface area contributed by atoms with E-state index in [0.717, 1.165) is 11.3 Å². The molecule has 36 heavy (non-hydrogen) atoms. The molecule has 1 amide bonds. The van der Waals surface area contributed by atoms with Gasteiger partial charge in [0.1, 0.15) is 5.75 Å². The molecule has 0 radical (unpaired) electrons. The van der Waals surface area contributed by atoms with Gasteiger partial charge in [-0.3, -0.25) is 9.59 Å². The maximum absolute atomic E-state index is 12.8. The largest absolute Gasteiger partial charge is 0.493 e. The minimum atomic E-state index is -0.312. The van der Waals surface area contributed by atoms with E-state index in [1.54, 1.807) is 35.6 Å². The number of benzene rings is 4. The van der Waals surface area contributed by atoms with Gasteiger partial charge in [0.05, 0.1) is 23.9 Å². The number of ketones is 1. The number of ether oxygens (including phenoxy) is 1. The maximum atomic E-state index is 12.8. The van der Waals surface area contributed by atoms with Crippen molar-refractivity contribution in [1.82, 2.24) is 5.32 Å². The van der Waals surface area contributed by atoms with Crippen molar-refractivity contribution in [2.24, 2.45) is 0 Å². The van der Waals surface area contributed by atoms with E-state index in [1.807, 2.05) is 24.3 Å². The molecule has 3 N–H and O–H groups in total. The third kappa shape index (κ3) is 5.05. The van der Waals surface area contributed by atoms with Gasteiger partial charge < -0.3 is 15.8 Å². The number of rotatable bonds is 8. The molecule has 7 heteroatoms. The van der Waals surface area contributed by atoms with Crippen molar-refractivity contribution in [2.45, 2.75) is 6.42 Å². The summed E-state index contributed by atoms with van der Waals surface area (Å²) >= 11 is 7.66. The van der Waals surface area contributed by atoms with Crippen molar-refractivity contribution in [3.63, 3.8) is 0 Å². The highest BCUT2D eigenvalue weighted by molar-refractivity contribution is 7.25. The van der Waals surface area contributed by atoms with E-state index < -0.39 is 0 Å². The Bertz CT molecular complexity index is 1590. The van der Waals surface area contributed by atoms with Gasteiger partial charge in [-0.25, -0.2) is 0 Å². The average molecular weight is 515 g/mol. The van der Waals surface area contributed by atoms with Crippen LogP contribution in [0.2, 0.25) is 5.02 Å². The van der Waals surface area contributed by atoms with Crippen molar-refractivity contribution in [2.75, 3.05) is 18.9 Å². The molecule has 0 spiro atoms. The fourth-order valence-electron chi connectivity index (χ4n) is 4.11. The van der Waals surface area contributed by atoms with Crippen LogP contribution in [0.3, 0.4) is 0 Å². The second-order valence-electron chi connectivity index (χ2n) is 8.35. The number of hydrogen-bond acceptors (Lipinski definition) is 5. The zero-order valence-electron chi connectivity index (χ0n) is 19.3. The van der Waals surface area contributed by atoms with Crippen LogP contribution >= 0.6 is 22.9 Å². The van der Waals surface area contributed by atoms with Crippen molar-refractivity contribution >= 4 is 60.5 Å². The van der Waals surface area contributed by atoms with Crippen LogP contribution in [0, 0.1) is 0 Å². The highest BCUT2D eigenvalue weighted by Gasteiger charge is 2.14. The molecular weight excluding hydrogens is 492 g/mol. The molecule has 5 aromatic rings. The summed E-state index contributed by atoms with van der Waals surface area (Å²) in [5.74, 6) is 0.237. The van der Waals surface area contributed by atoms with Gasteiger partial charge >= 0.3 is 0 Å². The SMILES string of the molecule is Nc1cc(C(=O)CNC(=O)c2ccccc2CCOc2ccc3c(c2)sc2ccccc23)ccc1Cl. The lowest BCUT2D eigenvalue weighted by molar-refractivity contribution is 0.0903. The second kappa shape index (κ2) is 10.4. The molecule has 180 valence electrons. The minimum Gasteiger partial charge on any atom is -0.493 e. The number of nitrogen functional groups attached to an aromatic ring is 1. The van der Waals surface area contributed by atoms with Crippen LogP contribution in [0.1, 0.15) is 26.3 Å². The van der Waals surface area contributed by atoms with Crippen LogP contribution in [0.5, 0.6) is 5.75 Å². The number of Topliss-reactive ketones (excluding diaryl/α,β-unsaturated/α-hetero) is 1.